The highest BCUT2D eigenvalue weighted by atomic mass is 32.2. The number of hydrogen-bond acceptors (Lipinski definition) is 5. The molecule has 0 radical (unpaired) electrons. The summed E-state index contributed by atoms with van der Waals surface area (Å²) in [6, 6.07) is 3.55. The first kappa shape index (κ1) is 16.3. The molecule has 8 heteroatoms. The van der Waals surface area contributed by atoms with Gasteiger partial charge < -0.3 is 9.84 Å². The van der Waals surface area contributed by atoms with Crippen LogP contribution in [0, 0.1) is 5.82 Å². The molecule has 0 aliphatic heterocycles. The normalized spacial score (nSPS) is 12.1. The molecule has 1 heterocycles. The summed E-state index contributed by atoms with van der Waals surface area (Å²) in [7, 11) is 1.38. The molecule has 22 heavy (non-hydrogen) atoms. The molecule has 0 bridgehead atoms. The third-order valence-electron chi connectivity index (χ3n) is 3.16. The Labute approximate surface area is 131 Å². The second-order valence-electron chi connectivity index (χ2n) is 4.57. The quantitative estimate of drug-likeness (QED) is 0.842. The zero-order valence-corrected chi connectivity index (χ0v) is 13.0. The molecule has 0 saturated carbocycles. The number of aliphatic carboxylic acids is 1. The van der Waals surface area contributed by atoms with Gasteiger partial charge in [-0.3, -0.25) is 0 Å². The Kier molecular flexibility index (Phi) is 5.37. The molecule has 0 fully saturated rings. The fraction of sp³-hybridized carbons (Fsp3) is 0.357. The first-order chi connectivity index (χ1) is 10.6. The average Bonchev–Trinajstić information content (AvgIpc) is 2.97. The number of halogens is 1. The maximum atomic E-state index is 13.4. The minimum absolute atomic E-state index is 0.101. The average molecular weight is 325 g/mol. The number of carboxylic acids is 1. The van der Waals surface area contributed by atoms with Gasteiger partial charge in [-0.1, -0.05) is 5.21 Å². The highest BCUT2D eigenvalue weighted by molar-refractivity contribution is 7.98. The van der Waals surface area contributed by atoms with E-state index in [2.05, 4.69) is 10.3 Å². The summed E-state index contributed by atoms with van der Waals surface area (Å²) in [6.45, 7) is 0. The maximum Gasteiger partial charge on any atom is 0.328 e. The number of carbonyl (C=O) groups is 1. The predicted octanol–water partition coefficient (Wildman–Crippen LogP) is 2.47. The van der Waals surface area contributed by atoms with Crippen molar-refractivity contribution in [1.29, 1.82) is 0 Å². The van der Waals surface area contributed by atoms with Crippen molar-refractivity contribution < 1.29 is 19.0 Å². The second kappa shape index (κ2) is 7.26. The molecule has 1 N–H and O–H groups in total. The fourth-order valence-electron chi connectivity index (χ4n) is 1.98. The minimum Gasteiger partial charge on any atom is -0.494 e. The lowest BCUT2D eigenvalue weighted by Gasteiger charge is -2.10. The van der Waals surface area contributed by atoms with Crippen LogP contribution in [-0.2, 0) is 4.79 Å². The van der Waals surface area contributed by atoms with E-state index in [9.17, 15) is 14.3 Å². The summed E-state index contributed by atoms with van der Waals surface area (Å²) in [5.74, 6) is -0.621. The SMILES string of the molecule is COc1cc(-c2cn([C@@H](CCSC)C(=O)O)nn2)ccc1F. The van der Waals surface area contributed by atoms with Gasteiger partial charge in [0.1, 0.15) is 5.69 Å². The van der Waals surface area contributed by atoms with Gasteiger partial charge >= 0.3 is 5.97 Å². The van der Waals surface area contributed by atoms with E-state index in [1.165, 1.54) is 23.9 Å². The van der Waals surface area contributed by atoms with Gasteiger partial charge in [0.15, 0.2) is 17.6 Å². The van der Waals surface area contributed by atoms with Crippen LogP contribution in [0.2, 0.25) is 0 Å². The number of hydrogen-bond donors (Lipinski definition) is 1. The van der Waals surface area contributed by atoms with Crippen LogP contribution in [0.4, 0.5) is 4.39 Å². The molecule has 1 aromatic heterocycles. The van der Waals surface area contributed by atoms with E-state index >= 15 is 0 Å². The van der Waals surface area contributed by atoms with E-state index in [0.717, 1.165) is 0 Å². The summed E-state index contributed by atoms with van der Waals surface area (Å²) in [6.07, 6.45) is 3.91. The van der Waals surface area contributed by atoms with Crippen molar-refractivity contribution in [2.24, 2.45) is 0 Å². The number of rotatable bonds is 7. The minimum atomic E-state index is -0.956. The van der Waals surface area contributed by atoms with Crippen LogP contribution < -0.4 is 4.74 Å². The molecule has 2 rings (SSSR count). The lowest BCUT2D eigenvalue weighted by Crippen LogP contribution is -2.20. The predicted molar refractivity (Wildman–Crippen MR) is 81.6 cm³/mol. The summed E-state index contributed by atoms with van der Waals surface area (Å²) in [5, 5.41) is 17.1. The zero-order chi connectivity index (χ0) is 16.1. The molecule has 1 aromatic carbocycles. The molecular weight excluding hydrogens is 309 g/mol. The number of aromatic nitrogens is 3. The Balaban J connectivity index is 2.28. The van der Waals surface area contributed by atoms with E-state index in [0.29, 0.717) is 23.4 Å². The van der Waals surface area contributed by atoms with Crippen molar-refractivity contribution >= 4 is 17.7 Å². The molecule has 0 aliphatic rings. The topological polar surface area (TPSA) is 77.2 Å². The molecule has 6 nitrogen and oxygen atoms in total. The molecule has 0 saturated heterocycles. The highest BCUT2D eigenvalue weighted by Gasteiger charge is 2.21. The summed E-state index contributed by atoms with van der Waals surface area (Å²) >= 11 is 1.57. The third kappa shape index (κ3) is 3.56. The van der Waals surface area contributed by atoms with E-state index in [1.54, 1.807) is 24.0 Å². The van der Waals surface area contributed by atoms with Crippen molar-refractivity contribution in [2.75, 3.05) is 19.1 Å². The summed E-state index contributed by atoms with van der Waals surface area (Å²) in [4.78, 5) is 11.3. The number of benzene rings is 1. The Bertz CT molecular complexity index is 663. The van der Waals surface area contributed by atoms with Crippen molar-refractivity contribution in [1.82, 2.24) is 15.0 Å². The van der Waals surface area contributed by atoms with Crippen LogP contribution in [-0.4, -0.2) is 45.2 Å². The number of methoxy groups -OCH3 is 1. The van der Waals surface area contributed by atoms with Crippen LogP contribution in [0.5, 0.6) is 5.75 Å². The van der Waals surface area contributed by atoms with Gasteiger partial charge in [0.2, 0.25) is 0 Å². The first-order valence-corrected chi connectivity index (χ1v) is 7.93. The van der Waals surface area contributed by atoms with Crippen LogP contribution in [0.1, 0.15) is 12.5 Å². The zero-order valence-electron chi connectivity index (χ0n) is 12.2. The molecule has 0 amide bonds. The van der Waals surface area contributed by atoms with Gasteiger partial charge in [-0.15, -0.1) is 5.10 Å². The van der Waals surface area contributed by atoms with Crippen molar-refractivity contribution in [3.05, 3.63) is 30.2 Å². The molecular formula is C14H16FN3O3S. The molecule has 0 spiro atoms. The third-order valence-corrected chi connectivity index (χ3v) is 3.80. The Hall–Kier alpha value is -2.09. The second-order valence-corrected chi connectivity index (χ2v) is 5.55. The highest BCUT2D eigenvalue weighted by Crippen LogP contribution is 2.25. The molecule has 118 valence electrons. The number of nitrogens with zero attached hydrogens (tertiary/aromatic N) is 3. The van der Waals surface area contributed by atoms with Gasteiger partial charge in [-0.05, 0) is 36.6 Å². The number of ether oxygens (including phenoxy) is 1. The molecule has 0 unspecified atom stereocenters. The van der Waals surface area contributed by atoms with Crippen LogP contribution in [0.15, 0.2) is 24.4 Å². The Morgan fingerprint density at radius 3 is 2.95 bits per heavy atom. The Morgan fingerprint density at radius 1 is 1.55 bits per heavy atom. The molecule has 2 aromatic rings. The smallest absolute Gasteiger partial charge is 0.328 e. The van der Waals surface area contributed by atoms with Crippen molar-refractivity contribution in [2.45, 2.75) is 12.5 Å². The van der Waals surface area contributed by atoms with Gasteiger partial charge in [-0.2, -0.15) is 11.8 Å². The van der Waals surface area contributed by atoms with Crippen LogP contribution in [0.3, 0.4) is 0 Å². The monoisotopic (exact) mass is 325 g/mol. The largest absolute Gasteiger partial charge is 0.494 e. The first-order valence-electron chi connectivity index (χ1n) is 6.54. The van der Waals surface area contributed by atoms with Crippen molar-refractivity contribution in [3.8, 4) is 17.0 Å². The molecule has 0 aliphatic carbocycles. The lowest BCUT2D eigenvalue weighted by molar-refractivity contribution is -0.141. The van der Waals surface area contributed by atoms with E-state index in [4.69, 9.17) is 4.74 Å². The number of thioether (sulfide) groups is 1. The number of carboxylic acid groups (broad SMARTS) is 1. The van der Waals surface area contributed by atoms with E-state index in [1.807, 2.05) is 6.26 Å². The standard InChI is InChI=1S/C14H16FN3O3S/c1-21-13-7-9(3-4-10(13)15)11-8-18(17-16-11)12(14(19)20)5-6-22-2/h3-4,7-8,12H,5-6H2,1-2H3,(H,19,20)/t12-/m0/s1. The van der Waals surface area contributed by atoms with Crippen molar-refractivity contribution in [3.63, 3.8) is 0 Å². The molecule has 1 atom stereocenters. The van der Waals surface area contributed by atoms with Gasteiger partial charge in [-0.25, -0.2) is 13.9 Å². The van der Waals surface area contributed by atoms with Gasteiger partial charge in [0.25, 0.3) is 0 Å². The van der Waals surface area contributed by atoms with Gasteiger partial charge in [0, 0.05) is 5.56 Å². The van der Waals surface area contributed by atoms with Crippen LogP contribution in [0.25, 0.3) is 11.3 Å². The summed E-state index contributed by atoms with van der Waals surface area (Å²) in [5.41, 5.74) is 1.08. The van der Waals surface area contributed by atoms with E-state index < -0.39 is 17.8 Å². The maximum absolute atomic E-state index is 13.4. The summed E-state index contributed by atoms with van der Waals surface area (Å²) < 4.78 is 19.7. The van der Waals surface area contributed by atoms with Gasteiger partial charge in [0.05, 0.1) is 13.3 Å². The van der Waals surface area contributed by atoms with E-state index in [-0.39, 0.29) is 5.75 Å². The fourth-order valence-corrected chi connectivity index (χ4v) is 2.44. The van der Waals surface area contributed by atoms with Crippen LogP contribution >= 0.6 is 11.8 Å². The lowest BCUT2D eigenvalue weighted by atomic mass is 10.1. The Morgan fingerprint density at radius 2 is 2.32 bits per heavy atom.